The Balaban J connectivity index is 2.40. The van der Waals surface area contributed by atoms with Crippen molar-refractivity contribution in [2.24, 2.45) is 0 Å². The second-order valence-corrected chi connectivity index (χ2v) is 6.01. The quantitative estimate of drug-likeness (QED) is 0.502. The lowest BCUT2D eigenvalue weighted by Gasteiger charge is -2.13. The fraction of sp³-hybridized carbons (Fsp3) is 0.125. The van der Waals surface area contributed by atoms with Gasteiger partial charge in [0.2, 0.25) is 0 Å². The van der Waals surface area contributed by atoms with Gasteiger partial charge in [-0.3, -0.25) is 0 Å². The van der Waals surface area contributed by atoms with Gasteiger partial charge in [-0.2, -0.15) is 13.2 Å². The van der Waals surface area contributed by atoms with Crippen LogP contribution in [0.1, 0.15) is 11.1 Å². The van der Waals surface area contributed by atoms with E-state index in [-0.39, 0.29) is 27.1 Å². The van der Waals surface area contributed by atoms with Gasteiger partial charge in [0.15, 0.2) is 0 Å². The van der Waals surface area contributed by atoms with Crippen molar-refractivity contribution in [1.82, 2.24) is 0 Å². The first-order valence-electron chi connectivity index (χ1n) is 6.34. The zero-order valence-electron chi connectivity index (χ0n) is 11.4. The van der Waals surface area contributed by atoms with Gasteiger partial charge >= 0.3 is 6.18 Å². The minimum Gasteiger partial charge on any atom is -0.205 e. The fourth-order valence-electron chi connectivity index (χ4n) is 1.99. The molecule has 0 bridgehead atoms. The molecule has 2 aromatic carbocycles. The van der Waals surface area contributed by atoms with E-state index in [4.69, 9.17) is 34.8 Å². The van der Waals surface area contributed by atoms with E-state index in [1.165, 1.54) is 30.3 Å². The second kappa shape index (κ2) is 7.12. The van der Waals surface area contributed by atoms with Gasteiger partial charge in [0.1, 0.15) is 5.82 Å². The van der Waals surface area contributed by atoms with E-state index in [0.717, 1.165) is 12.1 Å². The maximum atomic E-state index is 13.3. The number of halogens is 7. The molecule has 23 heavy (non-hydrogen) atoms. The number of hydrogen-bond donors (Lipinski definition) is 0. The lowest BCUT2D eigenvalue weighted by Crippen LogP contribution is -2.11. The van der Waals surface area contributed by atoms with Gasteiger partial charge in [-0.25, -0.2) is 4.39 Å². The summed E-state index contributed by atoms with van der Waals surface area (Å²) in [5.74, 6) is -0.628. The summed E-state index contributed by atoms with van der Waals surface area (Å²) in [6, 6.07) is 7.48. The lowest BCUT2D eigenvalue weighted by atomic mass is 10.0. The van der Waals surface area contributed by atoms with Gasteiger partial charge in [0.25, 0.3) is 0 Å². The van der Waals surface area contributed by atoms with Crippen molar-refractivity contribution in [2.75, 3.05) is 0 Å². The van der Waals surface area contributed by atoms with Gasteiger partial charge in [0, 0.05) is 10.0 Å². The van der Waals surface area contributed by atoms with Crippen LogP contribution in [-0.2, 0) is 6.42 Å². The zero-order valence-corrected chi connectivity index (χ0v) is 13.7. The van der Waals surface area contributed by atoms with E-state index in [9.17, 15) is 17.6 Å². The summed E-state index contributed by atoms with van der Waals surface area (Å²) in [4.78, 5) is 0. The highest BCUT2D eigenvalue weighted by Gasteiger charge is 2.34. The van der Waals surface area contributed by atoms with Crippen molar-refractivity contribution >= 4 is 40.4 Å². The molecule has 0 radical (unpaired) electrons. The van der Waals surface area contributed by atoms with Crippen LogP contribution >= 0.6 is 34.8 Å². The van der Waals surface area contributed by atoms with Crippen LogP contribution in [0.4, 0.5) is 17.6 Å². The third kappa shape index (κ3) is 4.87. The summed E-state index contributed by atoms with van der Waals surface area (Å²) in [6.45, 7) is 0. The predicted molar refractivity (Wildman–Crippen MR) is 85.6 cm³/mol. The van der Waals surface area contributed by atoms with Gasteiger partial charge < -0.3 is 0 Å². The average Bonchev–Trinajstić information content (AvgIpc) is 2.40. The van der Waals surface area contributed by atoms with Crippen LogP contribution in [0, 0.1) is 5.82 Å². The molecule has 0 atom stereocenters. The van der Waals surface area contributed by atoms with Crippen LogP contribution in [0.5, 0.6) is 0 Å². The van der Waals surface area contributed by atoms with Crippen LogP contribution in [0.2, 0.25) is 15.1 Å². The second-order valence-electron chi connectivity index (χ2n) is 4.73. The summed E-state index contributed by atoms with van der Waals surface area (Å²) in [5, 5.41) is 0.0650. The molecule has 0 heterocycles. The normalized spacial score (nSPS) is 12.6. The maximum Gasteiger partial charge on any atom is 0.416 e. The maximum absolute atomic E-state index is 13.3. The number of hydrogen-bond acceptors (Lipinski definition) is 0. The molecule has 122 valence electrons. The van der Waals surface area contributed by atoms with Gasteiger partial charge in [-0.15, -0.1) is 0 Å². The SMILES string of the molecule is Fc1ccc(C/C=C(\c2cc(Cl)cc(Cl)c2)C(F)(F)F)cc1Cl. The van der Waals surface area contributed by atoms with Gasteiger partial charge in [-0.05, 0) is 47.9 Å². The van der Waals surface area contributed by atoms with Crippen LogP contribution in [0.15, 0.2) is 42.5 Å². The van der Waals surface area contributed by atoms with Crippen LogP contribution < -0.4 is 0 Å². The van der Waals surface area contributed by atoms with Crippen LogP contribution in [-0.4, -0.2) is 6.18 Å². The topological polar surface area (TPSA) is 0 Å². The first-order valence-corrected chi connectivity index (χ1v) is 7.48. The highest BCUT2D eigenvalue weighted by Crippen LogP contribution is 2.36. The van der Waals surface area contributed by atoms with Crippen molar-refractivity contribution in [1.29, 1.82) is 0 Å². The minimum absolute atomic E-state index is 0.0705. The summed E-state index contributed by atoms with van der Waals surface area (Å²) < 4.78 is 52.9. The molecule has 0 unspecified atom stereocenters. The zero-order chi connectivity index (χ0) is 17.2. The Morgan fingerprint density at radius 3 is 2.09 bits per heavy atom. The van der Waals surface area contributed by atoms with Crippen molar-refractivity contribution in [3.8, 4) is 0 Å². The first-order chi connectivity index (χ1) is 10.7. The molecule has 0 aliphatic rings. The number of allylic oxidation sites excluding steroid dienone is 2. The molecule has 0 saturated carbocycles. The summed E-state index contributed by atoms with van der Waals surface area (Å²) in [7, 11) is 0. The van der Waals surface area contributed by atoms with Crippen molar-refractivity contribution in [3.05, 3.63) is 74.5 Å². The van der Waals surface area contributed by atoms with Crippen molar-refractivity contribution in [2.45, 2.75) is 12.6 Å². The van der Waals surface area contributed by atoms with Gasteiger partial charge in [0.05, 0.1) is 10.6 Å². The monoisotopic (exact) mass is 382 g/mol. The first kappa shape index (κ1) is 18.1. The molecule has 0 amide bonds. The number of benzene rings is 2. The Morgan fingerprint density at radius 2 is 1.57 bits per heavy atom. The molecule has 0 N–H and O–H groups in total. The predicted octanol–water partition coefficient (Wildman–Crippen LogP) is 6.97. The average molecular weight is 384 g/mol. The summed E-state index contributed by atoms with van der Waals surface area (Å²) in [5.41, 5.74) is -0.558. The Kier molecular flexibility index (Phi) is 5.61. The van der Waals surface area contributed by atoms with E-state index < -0.39 is 17.6 Å². The Hall–Kier alpha value is -1.23. The highest BCUT2D eigenvalue weighted by atomic mass is 35.5. The molecule has 0 aliphatic carbocycles. The molecular formula is C16H9Cl3F4. The molecule has 0 spiro atoms. The molecule has 0 saturated heterocycles. The molecule has 2 aromatic rings. The highest BCUT2D eigenvalue weighted by molar-refractivity contribution is 6.34. The van der Waals surface area contributed by atoms with Crippen molar-refractivity contribution < 1.29 is 17.6 Å². The number of rotatable bonds is 3. The van der Waals surface area contributed by atoms with E-state index in [1.807, 2.05) is 0 Å². The molecule has 0 nitrogen and oxygen atoms in total. The van der Waals surface area contributed by atoms with E-state index in [1.54, 1.807) is 0 Å². The fourth-order valence-corrected chi connectivity index (χ4v) is 2.72. The molecule has 7 heteroatoms. The molecule has 0 aliphatic heterocycles. The summed E-state index contributed by atoms with van der Waals surface area (Å²) >= 11 is 17.1. The smallest absolute Gasteiger partial charge is 0.205 e. The third-order valence-corrected chi connectivity index (χ3v) is 3.73. The Morgan fingerprint density at radius 1 is 0.957 bits per heavy atom. The largest absolute Gasteiger partial charge is 0.416 e. The van der Waals surface area contributed by atoms with Crippen LogP contribution in [0.3, 0.4) is 0 Å². The molecule has 0 aromatic heterocycles. The molecule has 0 fully saturated rings. The summed E-state index contributed by atoms with van der Waals surface area (Å²) in [6.07, 6.45) is -3.66. The van der Waals surface area contributed by atoms with E-state index >= 15 is 0 Å². The van der Waals surface area contributed by atoms with E-state index in [0.29, 0.717) is 5.56 Å². The van der Waals surface area contributed by atoms with E-state index in [2.05, 4.69) is 0 Å². The Bertz CT molecular complexity index is 731. The molecule has 2 rings (SSSR count). The third-order valence-electron chi connectivity index (χ3n) is 3.00. The van der Waals surface area contributed by atoms with Crippen molar-refractivity contribution in [3.63, 3.8) is 0 Å². The standard InChI is InChI=1S/C16H9Cl3F4/c17-11-6-10(7-12(18)8-11)13(16(21,22)23)3-1-9-2-4-15(20)14(19)5-9/h2-8H,1H2/b13-3+. The lowest BCUT2D eigenvalue weighted by molar-refractivity contribution is -0.0690. The van der Waals surface area contributed by atoms with Gasteiger partial charge in [-0.1, -0.05) is 46.9 Å². The minimum atomic E-state index is -4.59. The molecular weight excluding hydrogens is 375 g/mol. The Labute approximate surface area is 145 Å². The van der Waals surface area contributed by atoms with Crippen LogP contribution in [0.25, 0.3) is 5.57 Å². The number of alkyl halides is 3.